The number of sulfonamides is 1. The molecule has 0 radical (unpaired) electrons. The lowest BCUT2D eigenvalue weighted by Crippen LogP contribution is -2.37. The quantitative estimate of drug-likeness (QED) is 0.814. The lowest BCUT2D eigenvalue weighted by Gasteiger charge is -2.23. The number of carbonyl (C=O) groups excluding carboxylic acids is 1. The molecule has 4 rings (SSSR count). The van der Waals surface area contributed by atoms with E-state index >= 15 is 0 Å². The Morgan fingerprint density at radius 2 is 1.88 bits per heavy atom. The lowest BCUT2D eigenvalue weighted by atomic mass is 10.2. The second kappa shape index (κ2) is 6.22. The van der Waals surface area contributed by atoms with E-state index in [1.165, 1.54) is 10.6 Å². The van der Waals surface area contributed by atoms with Crippen molar-refractivity contribution in [3.63, 3.8) is 0 Å². The highest BCUT2D eigenvalue weighted by Gasteiger charge is 2.37. The second-order valence-electron chi connectivity index (χ2n) is 6.90. The van der Waals surface area contributed by atoms with Gasteiger partial charge in [0, 0.05) is 31.6 Å². The van der Waals surface area contributed by atoms with E-state index in [0.29, 0.717) is 31.8 Å². The van der Waals surface area contributed by atoms with E-state index in [1.807, 2.05) is 0 Å². The number of hydrogen-bond acceptors (Lipinski definition) is 5. The molecule has 138 valence electrons. The zero-order chi connectivity index (χ0) is 18.5. The molecule has 0 aliphatic carbocycles. The van der Waals surface area contributed by atoms with Gasteiger partial charge in [-0.3, -0.25) is 4.79 Å². The summed E-state index contributed by atoms with van der Waals surface area (Å²) in [7, 11) is -3.60. The molecule has 1 amide bonds. The molecule has 8 heteroatoms. The molecule has 1 aromatic heterocycles. The maximum atomic E-state index is 12.9. The van der Waals surface area contributed by atoms with Crippen molar-refractivity contribution in [1.82, 2.24) is 9.21 Å². The molecule has 0 unspecified atom stereocenters. The van der Waals surface area contributed by atoms with Crippen molar-refractivity contribution < 1.29 is 22.7 Å². The molecule has 2 aliphatic rings. The topological polar surface area (TPSA) is 91.1 Å². The first kappa shape index (κ1) is 17.3. The van der Waals surface area contributed by atoms with Crippen LogP contribution in [0, 0.1) is 0 Å². The SMILES string of the molecule is C[C@@H](O)CC(=O)N1CC2=C(C1)CN(S(=O)(=O)c1ccc3occc3c1)C2. The van der Waals surface area contributed by atoms with Crippen LogP contribution in [-0.4, -0.2) is 60.9 Å². The number of nitrogens with zero attached hydrogens (tertiary/aromatic N) is 2. The normalized spacial score (nSPS) is 19.4. The summed E-state index contributed by atoms with van der Waals surface area (Å²) in [5, 5.41) is 10.1. The highest BCUT2D eigenvalue weighted by Crippen LogP contribution is 2.31. The van der Waals surface area contributed by atoms with E-state index in [1.54, 1.807) is 36.1 Å². The molecular weight excluding hydrogens is 356 g/mol. The molecule has 0 spiro atoms. The van der Waals surface area contributed by atoms with Crippen molar-refractivity contribution in [2.45, 2.75) is 24.3 Å². The minimum Gasteiger partial charge on any atom is -0.464 e. The largest absolute Gasteiger partial charge is 0.464 e. The van der Waals surface area contributed by atoms with Crippen molar-refractivity contribution in [2.24, 2.45) is 0 Å². The summed E-state index contributed by atoms with van der Waals surface area (Å²) < 4.78 is 32.6. The van der Waals surface area contributed by atoms with Gasteiger partial charge in [-0.2, -0.15) is 4.31 Å². The van der Waals surface area contributed by atoms with Gasteiger partial charge in [0.2, 0.25) is 15.9 Å². The Labute approximate surface area is 151 Å². The average molecular weight is 376 g/mol. The zero-order valence-corrected chi connectivity index (χ0v) is 15.2. The summed E-state index contributed by atoms with van der Waals surface area (Å²) in [6.45, 7) is 3.07. The molecule has 1 N–H and O–H groups in total. The highest BCUT2D eigenvalue weighted by atomic mass is 32.2. The van der Waals surface area contributed by atoms with Crippen LogP contribution in [0.1, 0.15) is 13.3 Å². The maximum absolute atomic E-state index is 12.9. The number of hydrogen-bond donors (Lipinski definition) is 1. The van der Waals surface area contributed by atoms with Crippen LogP contribution in [0.15, 0.2) is 51.0 Å². The Balaban J connectivity index is 1.48. The minimum absolute atomic E-state index is 0.0906. The van der Waals surface area contributed by atoms with Crippen molar-refractivity contribution in [3.8, 4) is 0 Å². The van der Waals surface area contributed by atoms with Crippen LogP contribution >= 0.6 is 0 Å². The van der Waals surface area contributed by atoms with E-state index in [2.05, 4.69) is 0 Å². The molecule has 26 heavy (non-hydrogen) atoms. The van der Waals surface area contributed by atoms with Gasteiger partial charge < -0.3 is 14.4 Å². The summed E-state index contributed by atoms with van der Waals surface area (Å²) in [4.78, 5) is 14.0. The number of furan rings is 1. The fourth-order valence-electron chi connectivity index (χ4n) is 3.53. The van der Waals surface area contributed by atoms with Gasteiger partial charge in [-0.05, 0) is 42.3 Å². The molecular formula is C18H20N2O5S. The summed E-state index contributed by atoms with van der Waals surface area (Å²) in [6.07, 6.45) is 0.951. The van der Waals surface area contributed by atoms with Crippen LogP contribution in [0.4, 0.5) is 0 Å². The van der Waals surface area contributed by atoms with Crippen LogP contribution in [0.3, 0.4) is 0 Å². The van der Waals surface area contributed by atoms with E-state index < -0.39 is 16.1 Å². The smallest absolute Gasteiger partial charge is 0.243 e. The van der Waals surface area contributed by atoms with Crippen LogP contribution in [0.2, 0.25) is 0 Å². The van der Waals surface area contributed by atoms with Gasteiger partial charge in [-0.15, -0.1) is 0 Å². The first-order chi connectivity index (χ1) is 12.3. The van der Waals surface area contributed by atoms with Gasteiger partial charge in [0.1, 0.15) is 5.58 Å². The Bertz CT molecular complexity index is 988. The van der Waals surface area contributed by atoms with E-state index in [-0.39, 0.29) is 17.2 Å². The first-order valence-corrected chi connectivity index (χ1v) is 9.91. The van der Waals surface area contributed by atoms with E-state index in [9.17, 15) is 18.3 Å². The molecule has 1 aromatic carbocycles. The second-order valence-corrected chi connectivity index (χ2v) is 8.84. The molecule has 0 saturated carbocycles. The fourth-order valence-corrected chi connectivity index (χ4v) is 4.99. The molecule has 2 aromatic rings. The molecule has 0 saturated heterocycles. The van der Waals surface area contributed by atoms with Gasteiger partial charge in [0.15, 0.2) is 0 Å². The number of rotatable bonds is 4. The van der Waals surface area contributed by atoms with Crippen molar-refractivity contribution in [3.05, 3.63) is 41.7 Å². The average Bonchev–Trinajstić information content (AvgIpc) is 3.27. The van der Waals surface area contributed by atoms with Crippen molar-refractivity contribution in [1.29, 1.82) is 0 Å². The molecule has 7 nitrogen and oxygen atoms in total. The predicted octanol–water partition coefficient (Wildman–Crippen LogP) is 1.35. The third kappa shape index (κ3) is 2.94. The third-order valence-electron chi connectivity index (χ3n) is 4.88. The summed E-state index contributed by atoms with van der Waals surface area (Å²) in [6, 6.07) is 6.58. The number of carbonyl (C=O) groups is 1. The number of aliphatic hydroxyl groups is 1. The van der Waals surface area contributed by atoms with Gasteiger partial charge in [0.05, 0.1) is 23.7 Å². The van der Waals surface area contributed by atoms with Gasteiger partial charge in [-0.25, -0.2) is 8.42 Å². The summed E-state index contributed by atoms with van der Waals surface area (Å²) in [5.74, 6) is -0.103. The van der Waals surface area contributed by atoms with E-state index in [4.69, 9.17) is 4.42 Å². The minimum atomic E-state index is -3.60. The van der Waals surface area contributed by atoms with Gasteiger partial charge in [-0.1, -0.05) is 0 Å². The monoisotopic (exact) mass is 376 g/mol. The highest BCUT2D eigenvalue weighted by molar-refractivity contribution is 7.89. The number of benzene rings is 1. The van der Waals surface area contributed by atoms with Crippen molar-refractivity contribution >= 4 is 26.9 Å². The van der Waals surface area contributed by atoms with Gasteiger partial charge in [0.25, 0.3) is 0 Å². The van der Waals surface area contributed by atoms with Crippen LogP contribution in [-0.2, 0) is 14.8 Å². The molecule has 0 bridgehead atoms. The van der Waals surface area contributed by atoms with Crippen LogP contribution in [0.25, 0.3) is 11.0 Å². The number of aliphatic hydroxyl groups excluding tert-OH is 1. The number of fused-ring (bicyclic) bond motifs is 1. The molecule has 0 fully saturated rings. The van der Waals surface area contributed by atoms with Gasteiger partial charge >= 0.3 is 0 Å². The molecule has 1 atom stereocenters. The van der Waals surface area contributed by atoms with Crippen molar-refractivity contribution in [2.75, 3.05) is 26.2 Å². The maximum Gasteiger partial charge on any atom is 0.243 e. The fraction of sp³-hybridized carbons (Fsp3) is 0.389. The lowest BCUT2D eigenvalue weighted by molar-refractivity contribution is -0.131. The summed E-state index contributed by atoms with van der Waals surface area (Å²) in [5.41, 5.74) is 2.62. The number of amides is 1. The predicted molar refractivity (Wildman–Crippen MR) is 94.9 cm³/mol. The standard InChI is InChI=1S/C18H20N2O5S/c1-12(21)6-18(22)19-8-14-10-20(11-15(14)9-19)26(23,24)16-2-3-17-13(7-16)4-5-25-17/h2-5,7,12,21H,6,8-11H2,1H3/t12-/m1/s1. The molecule has 3 heterocycles. The van der Waals surface area contributed by atoms with Crippen LogP contribution < -0.4 is 0 Å². The van der Waals surface area contributed by atoms with Crippen LogP contribution in [0.5, 0.6) is 0 Å². The zero-order valence-electron chi connectivity index (χ0n) is 14.4. The Hall–Kier alpha value is -2.16. The van der Waals surface area contributed by atoms with E-state index in [0.717, 1.165) is 16.5 Å². The first-order valence-electron chi connectivity index (χ1n) is 8.47. The Morgan fingerprint density at radius 3 is 2.54 bits per heavy atom. The third-order valence-corrected chi connectivity index (χ3v) is 6.67. The Morgan fingerprint density at radius 1 is 1.19 bits per heavy atom. The summed E-state index contributed by atoms with van der Waals surface area (Å²) >= 11 is 0. The molecule has 2 aliphatic heterocycles. The Kier molecular flexibility index (Phi) is 4.13.